The molecule has 0 aromatic heterocycles. The summed E-state index contributed by atoms with van der Waals surface area (Å²) in [7, 11) is 2.69. The van der Waals surface area contributed by atoms with Crippen LogP contribution in [-0.4, -0.2) is 59.1 Å². The second-order valence-electron chi connectivity index (χ2n) is 7.36. The molecular weight excluding hydrogens is 428 g/mol. The van der Waals surface area contributed by atoms with Crippen LogP contribution in [0.15, 0.2) is 0 Å². The molecule has 0 saturated heterocycles. The number of esters is 1. The Bertz CT molecular complexity index is 553. The SMILES string of the molecule is CC(=O)N[C@@H](CSSCCC(=O)NCCCC(=O)OC1CCCCCCC1)C(=O)O. The van der Waals surface area contributed by atoms with E-state index in [1.807, 2.05) is 0 Å². The molecule has 2 amide bonds. The zero-order chi connectivity index (χ0) is 22.2. The van der Waals surface area contributed by atoms with Gasteiger partial charge in [-0.1, -0.05) is 40.9 Å². The average Bonchev–Trinajstić information content (AvgIpc) is 2.65. The highest BCUT2D eigenvalue weighted by Crippen LogP contribution is 2.23. The second kappa shape index (κ2) is 16.3. The minimum absolute atomic E-state index is 0.0493. The Morgan fingerprint density at radius 1 is 1.03 bits per heavy atom. The lowest BCUT2D eigenvalue weighted by molar-refractivity contribution is -0.150. The molecule has 1 rings (SSSR count). The van der Waals surface area contributed by atoms with E-state index in [0.29, 0.717) is 31.6 Å². The number of carboxylic acids is 1. The van der Waals surface area contributed by atoms with Crippen molar-refractivity contribution >= 4 is 45.3 Å². The van der Waals surface area contributed by atoms with E-state index in [1.165, 1.54) is 47.8 Å². The summed E-state index contributed by atoms with van der Waals surface area (Å²) in [4.78, 5) is 45.7. The lowest BCUT2D eigenvalue weighted by Gasteiger charge is -2.20. The van der Waals surface area contributed by atoms with Gasteiger partial charge in [-0.15, -0.1) is 0 Å². The zero-order valence-electron chi connectivity index (χ0n) is 17.7. The fraction of sp³-hybridized carbons (Fsp3) is 0.800. The van der Waals surface area contributed by atoms with Gasteiger partial charge in [0.15, 0.2) is 0 Å². The summed E-state index contributed by atoms with van der Waals surface area (Å²) in [5.41, 5.74) is 0. The van der Waals surface area contributed by atoms with Gasteiger partial charge in [0.1, 0.15) is 12.1 Å². The Morgan fingerprint density at radius 2 is 1.70 bits per heavy atom. The van der Waals surface area contributed by atoms with Crippen molar-refractivity contribution in [2.75, 3.05) is 18.1 Å². The van der Waals surface area contributed by atoms with E-state index >= 15 is 0 Å². The Morgan fingerprint density at radius 3 is 2.33 bits per heavy atom. The van der Waals surface area contributed by atoms with Gasteiger partial charge in [0, 0.05) is 37.8 Å². The van der Waals surface area contributed by atoms with Gasteiger partial charge in [0.2, 0.25) is 11.8 Å². The van der Waals surface area contributed by atoms with Gasteiger partial charge < -0.3 is 20.5 Å². The third-order valence-corrected chi connectivity index (χ3v) is 7.05. The van der Waals surface area contributed by atoms with Crippen molar-refractivity contribution in [2.45, 2.75) is 83.3 Å². The first kappa shape index (κ1) is 26.6. The maximum Gasteiger partial charge on any atom is 0.327 e. The average molecular weight is 463 g/mol. The van der Waals surface area contributed by atoms with Crippen molar-refractivity contribution in [3.05, 3.63) is 0 Å². The number of carbonyl (C=O) groups excluding carboxylic acids is 3. The predicted molar refractivity (Wildman–Crippen MR) is 119 cm³/mol. The standard InChI is InChI=1S/C20H34N2O6S2/c1-15(23)22-17(20(26)27)14-30-29-13-11-18(24)21-12-7-10-19(25)28-16-8-5-3-2-4-6-9-16/h16-17H,2-14H2,1H3,(H,21,24)(H,22,23)(H,26,27)/t17-/m0/s1. The summed E-state index contributed by atoms with van der Waals surface area (Å²) in [6.07, 6.45) is 9.07. The molecule has 0 bridgehead atoms. The number of ether oxygens (including phenoxy) is 1. The molecule has 0 aromatic rings. The number of rotatable bonds is 13. The Kier molecular flexibility index (Phi) is 14.5. The predicted octanol–water partition coefficient (Wildman–Crippen LogP) is 2.90. The molecule has 1 aliphatic carbocycles. The number of aliphatic carboxylic acids is 1. The smallest absolute Gasteiger partial charge is 0.327 e. The maximum absolute atomic E-state index is 12.0. The first-order valence-corrected chi connectivity index (χ1v) is 13.1. The molecule has 10 heteroatoms. The van der Waals surface area contributed by atoms with Gasteiger partial charge in [-0.05, 0) is 32.1 Å². The van der Waals surface area contributed by atoms with Gasteiger partial charge >= 0.3 is 11.9 Å². The summed E-state index contributed by atoms with van der Waals surface area (Å²) in [6.45, 7) is 1.70. The van der Waals surface area contributed by atoms with Crippen molar-refractivity contribution in [3.63, 3.8) is 0 Å². The second-order valence-corrected chi connectivity index (χ2v) is 9.99. The van der Waals surface area contributed by atoms with Crippen molar-refractivity contribution in [1.82, 2.24) is 10.6 Å². The molecule has 1 fully saturated rings. The van der Waals surface area contributed by atoms with Gasteiger partial charge in [-0.25, -0.2) is 4.79 Å². The van der Waals surface area contributed by atoms with Crippen LogP contribution in [0.1, 0.15) is 71.1 Å². The van der Waals surface area contributed by atoms with Crippen LogP contribution in [0.4, 0.5) is 0 Å². The van der Waals surface area contributed by atoms with Gasteiger partial charge in [0.05, 0.1) is 0 Å². The fourth-order valence-corrected chi connectivity index (χ4v) is 5.21. The van der Waals surface area contributed by atoms with Crippen LogP contribution in [0.5, 0.6) is 0 Å². The van der Waals surface area contributed by atoms with Crippen LogP contribution >= 0.6 is 21.6 Å². The van der Waals surface area contributed by atoms with Crippen LogP contribution in [0.3, 0.4) is 0 Å². The van der Waals surface area contributed by atoms with Crippen molar-refractivity contribution in [3.8, 4) is 0 Å². The maximum atomic E-state index is 12.0. The molecule has 3 N–H and O–H groups in total. The molecule has 1 atom stereocenters. The molecule has 0 spiro atoms. The van der Waals surface area contributed by atoms with Crippen molar-refractivity contribution < 1.29 is 29.0 Å². The number of amides is 2. The molecule has 1 aliphatic rings. The summed E-state index contributed by atoms with van der Waals surface area (Å²) < 4.78 is 5.56. The van der Waals surface area contributed by atoms with Crippen LogP contribution in [-0.2, 0) is 23.9 Å². The van der Waals surface area contributed by atoms with E-state index in [2.05, 4.69) is 10.6 Å². The molecule has 0 aromatic carbocycles. The van der Waals surface area contributed by atoms with E-state index in [1.54, 1.807) is 0 Å². The van der Waals surface area contributed by atoms with Crippen molar-refractivity contribution in [1.29, 1.82) is 0 Å². The molecule has 0 heterocycles. The number of carboxylic acid groups (broad SMARTS) is 1. The van der Waals surface area contributed by atoms with Gasteiger partial charge in [-0.2, -0.15) is 0 Å². The van der Waals surface area contributed by atoms with E-state index in [4.69, 9.17) is 9.84 Å². The molecular formula is C20H34N2O6S2. The highest BCUT2D eigenvalue weighted by Gasteiger charge is 2.18. The fourth-order valence-electron chi connectivity index (χ4n) is 3.06. The lowest BCUT2D eigenvalue weighted by Crippen LogP contribution is -2.41. The Hall–Kier alpha value is -1.42. The van der Waals surface area contributed by atoms with Crippen molar-refractivity contribution in [2.24, 2.45) is 0 Å². The summed E-state index contributed by atoms with van der Waals surface area (Å²) in [6, 6.07) is -0.934. The lowest BCUT2D eigenvalue weighted by atomic mass is 9.98. The molecule has 8 nitrogen and oxygen atoms in total. The summed E-state index contributed by atoms with van der Waals surface area (Å²) in [5, 5.41) is 14.2. The largest absolute Gasteiger partial charge is 0.480 e. The number of carbonyl (C=O) groups is 4. The minimum atomic E-state index is -1.08. The number of nitrogens with one attached hydrogen (secondary N) is 2. The third kappa shape index (κ3) is 13.7. The topological polar surface area (TPSA) is 122 Å². The zero-order valence-corrected chi connectivity index (χ0v) is 19.3. The Balaban J connectivity index is 2.04. The quantitative estimate of drug-likeness (QED) is 0.217. The van der Waals surface area contributed by atoms with Crippen LogP contribution < -0.4 is 10.6 Å². The van der Waals surface area contributed by atoms with Crippen LogP contribution in [0.25, 0.3) is 0 Å². The molecule has 30 heavy (non-hydrogen) atoms. The number of hydrogen-bond donors (Lipinski definition) is 3. The highest BCUT2D eigenvalue weighted by molar-refractivity contribution is 8.76. The van der Waals surface area contributed by atoms with Gasteiger partial charge in [-0.3, -0.25) is 14.4 Å². The molecule has 0 radical (unpaired) electrons. The monoisotopic (exact) mass is 462 g/mol. The third-order valence-electron chi connectivity index (χ3n) is 4.64. The number of hydrogen-bond acceptors (Lipinski definition) is 7. The highest BCUT2D eigenvalue weighted by atomic mass is 33.1. The molecule has 0 aliphatic heterocycles. The summed E-state index contributed by atoms with van der Waals surface area (Å²) >= 11 is 0. The molecule has 1 saturated carbocycles. The van der Waals surface area contributed by atoms with Crippen LogP contribution in [0, 0.1) is 0 Å². The normalized spacial score (nSPS) is 16.0. The van der Waals surface area contributed by atoms with E-state index < -0.39 is 12.0 Å². The molecule has 172 valence electrons. The first-order chi connectivity index (χ1) is 14.4. The first-order valence-electron chi connectivity index (χ1n) is 10.6. The Labute approximate surface area is 186 Å². The van der Waals surface area contributed by atoms with Crippen LogP contribution in [0.2, 0.25) is 0 Å². The molecule has 0 unspecified atom stereocenters. The van der Waals surface area contributed by atoms with E-state index in [-0.39, 0.29) is 29.6 Å². The summed E-state index contributed by atoms with van der Waals surface area (Å²) in [5.74, 6) is -0.996. The van der Waals surface area contributed by atoms with E-state index in [9.17, 15) is 19.2 Å². The minimum Gasteiger partial charge on any atom is -0.480 e. The van der Waals surface area contributed by atoms with E-state index in [0.717, 1.165) is 25.7 Å². The van der Waals surface area contributed by atoms with Gasteiger partial charge in [0.25, 0.3) is 0 Å².